The predicted octanol–water partition coefficient (Wildman–Crippen LogP) is 3.81. The first kappa shape index (κ1) is 18.8. The lowest BCUT2D eigenvalue weighted by Gasteiger charge is -2.23. The van der Waals surface area contributed by atoms with Crippen LogP contribution in [0.2, 0.25) is 0 Å². The first-order valence-electron chi connectivity index (χ1n) is 8.58. The van der Waals surface area contributed by atoms with Crippen molar-refractivity contribution in [1.29, 1.82) is 0 Å². The molecule has 138 valence electrons. The number of carbonyl (C=O) groups excluding carboxylic acids is 2. The molecule has 1 amide bonds. The van der Waals surface area contributed by atoms with Crippen LogP contribution in [-0.4, -0.2) is 35.4 Å². The largest absolute Gasteiger partial charge is 0.465 e. The second kappa shape index (κ2) is 9.09. The number of rotatable bonds is 7. The molecular weight excluding hydrogens is 360 g/mol. The Labute approximate surface area is 162 Å². The zero-order chi connectivity index (χ0) is 19.1. The Morgan fingerprint density at radius 1 is 1.04 bits per heavy atom. The van der Waals surface area contributed by atoms with Gasteiger partial charge in [0.2, 0.25) is 0 Å². The molecule has 0 radical (unpaired) electrons. The van der Waals surface area contributed by atoms with Crippen LogP contribution in [-0.2, 0) is 17.7 Å². The fraction of sp³-hybridized carbons (Fsp3) is 0.190. The minimum absolute atomic E-state index is 0.206. The van der Waals surface area contributed by atoms with Crippen LogP contribution in [0.15, 0.2) is 66.2 Å². The average molecular weight is 380 g/mol. The van der Waals surface area contributed by atoms with Gasteiger partial charge in [0.15, 0.2) is 0 Å². The molecule has 1 aromatic heterocycles. The monoisotopic (exact) mass is 380 g/mol. The Kier molecular flexibility index (Phi) is 6.33. The number of hydrogen-bond acceptors (Lipinski definition) is 5. The average Bonchev–Trinajstić information content (AvgIpc) is 3.24. The Bertz CT molecular complexity index is 895. The molecule has 0 aliphatic heterocycles. The lowest BCUT2D eigenvalue weighted by atomic mass is 10.1. The number of esters is 1. The van der Waals surface area contributed by atoms with E-state index in [1.54, 1.807) is 35.4 Å². The highest BCUT2D eigenvalue weighted by Crippen LogP contribution is 2.17. The van der Waals surface area contributed by atoms with Gasteiger partial charge >= 0.3 is 5.97 Å². The minimum Gasteiger partial charge on any atom is -0.465 e. The molecule has 0 saturated carbocycles. The maximum absolute atomic E-state index is 13.2. The first-order chi connectivity index (χ1) is 13.2. The van der Waals surface area contributed by atoms with Crippen molar-refractivity contribution < 1.29 is 14.3 Å². The molecule has 3 aromatic rings. The first-order valence-corrected chi connectivity index (χ1v) is 9.46. The zero-order valence-electron chi connectivity index (χ0n) is 15.0. The number of aromatic nitrogens is 1. The van der Waals surface area contributed by atoms with E-state index in [2.05, 4.69) is 4.98 Å². The normalized spacial score (nSPS) is 10.4. The van der Waals surface area contributed by atoms with E-state index < -0.39 is 5.97 Å². The summed E-state index contributed by atoms with van der Waals surface area (Å²) < 4.78 is 4.82. The zero-order valence-corrected chi connectivity index (χ0v) is 15.8. The van der Waals surface area contributed by atoms with Crippen LogP contribution < -0.4 is 0 Å². The molecule has 0 saturated heterocycles. The third-order valence-corrected chi connectivity index (χ3v) is 4.94. The van der Waals surface area contributed by atoms with Crippen molar-refractivity contribution in [3.8, 4) is 0 Å². The summed E-state index contributed by atoms with van der Waals surface area (Å²) in [6.45, 7) is 0.927. The summed E-state index contributed by atoms with van der Waals surface area (Å²) in [5.41, 5.74) is 1.76. The van der Waals surface area contributed by atoms with Crippen LogP contribution in [0.3, 0.4) is 0 Å². The molecule has 0 bridgehead atoms. The standard InChI is InChI=1S/C21H20N2O3S/c1-26-21(25)18-10-6-5-9-17(18)20(24)23(15-19-22-12-14-27-19)13-11-16-7-3-2-4-8-16/h2-10,12,14H,11,13,15H2,1H3. The van der Waals surface area contributed by atoms with Crippen molar-refractivity contribution in [3.63, 3.8) is 0 Å². The Morgan fingerprint density at radius 2 is 1.74 bits per heavy atom. The second-order valence-electron chi connectivity index (χ2n) is 5.93. The number of thiazole rings is 1. The number of methoxy groups -OCH3 is 1. The molecular formula is C21H20N2O3S. The molecule has 0 atom stereocenters. The lowest BCUT2D eigenvalue weighted by molar-refractivity contribution is 0.0589. The molecule has 0 aliphatic carbocycles. The highest BCUT2D eigenvalue weighted by atomic mass is 32.1. The van der Waals surface area contributed by atoms with Gasteiger partial charge in [-0.3, -0.25) is 4.79 Å². The van der Waals surface area contributed by atoms with Crippen molar-refractivity contribution in [2.24, 2.45) is 0 Å². The Hall–Kier alpha value is -2.99. The molecule has 5 nitrogen and oxygen atoms in total. The summed E-state index contributed by atoms with van der Waals surface area (Å²) in [6.07, 6.45) is 2.45. The summed E-state index contributed by atoms with van der Waals surface area (Å²) in [5.74, 6) is -0.724. The van der Waals surface area contributed by atoms with Crippen LogP contribution in [0.5, 0.6) is 0 Å². The van der Waals surface area contributed by atoms with E-state index in [1.165, 1.54) is 18.4 Å². The molecule has 6 heteroatoms. The predicted molar refractivity (Wildman–Crippen MR) is 105 cm³/mol. The maximum atomic E-state index is 13.2. The van der Waals surface area contributed by atoms with Crippen LogP contribution in [0.25, 0.3) is 0 Å². The Balaban J connectivity index is 1.85. The van der Waals surface area contributed by atoms with Crippen molar-refractivity contribution in [3.05, 3.63) is 87.9 Å². The van der Waals surface area contributed by atoms with E-state index in [0.717, 1.165) is 17.0 Å². The second-order valence-corrected chi connectivity index (χ2v) is 6.90. The number of ether oxygens (including phenoxy) is 1. The summed E-state index contributed by atoms with van der Waals surface area (Å²) in [7, 11) is 1.31. The van der Waals surface area contributed by atoms with Gasteiger partial charge in [0.25, 0.3) is 5.91 Å². The molecule has 2 aromatic carbocycles. The van der Waals surface area contributed by atoms with Crippen molar-refractivity contribution in [2.75, 3.05) is 13.7 Å². The third kappa shape index (κ3) is 4.80. The third-order valence-electron chi connectivity index (χ3n) is 4.17. The minimum atomic E-state index is -0.517. The van der Waals surface area contributed by atoms with Crippen molar-refractivity contribution in [2.45, 2.75) is 13.0 Å². The van der Waals surface area contributed by atoms with Crippen LogP contribution in [0.1, 0.15) is 31.3 Å². The molecule has 0 fully saturated rings. The van der Waals surface area contributed by atoms with Crippen LogP contribution in [0.4, 0.5) is 0 Å². The lowest BCUT2D eigenvalue weighted by Crippen LogP contribution is -2.33. The van der Waals surface area contributed by atoms with Gasteiger partial charge in [0, 0.05) is 18.1 Å². The van der Waals surface area contributed by atoms with E-state index in [4.69, 9.17) is 4.74 Å². The quantitative estimate of drug-likeness (QED) is 0.585. The van der Waals surface area contributed by atoms with E-state index in [9.17, 15) is 9.59 Å². The van der Waals surface area contributed by atoms with E-state index in [1.807, 2.05) is 35.7 Å². The molecule has 0 aliphatic rings. The van der Waals surface area contributed by atoms with Crippen molar-refractivity contribution >= 4 is 23.2 Å². The number of hydrogen-bond donors (Lipinski definition) is 0. The van der Waals surface area contributed by atoms with Gasteiger partial charge in [-0.15, -0.1) is 11.3 Å². The molecule has 0 spiro atoms. The van der Waals surface area contributed by atoms with Crippen LogP contribution in [0, 0.1) is 0 Å². The molecule has 1 heterocycles. The van der Waals surface area contributed by atoms with Gasteiger partial charge in [0.05, 0.1) is 24.8 Å². The summed E-state index contributed by atoms with van der Waals surface area (Å²) in [6, 6.07) is 16.7. The van der Waals surface area contributed by atoms with Gasteiger partial charge in [-0.05, 0) is 24.1 Å². The smallest absolute Gasteiger partial charge is 0.338 e. The Morgan fingerprint density at radius 3 is 2.41 bits per heavy atom. The molecule has 3 rings (SSSR count). The summed E-state index contributed by atoms with van der Waals surface area (Å²) in [5, 5.41) is 2.74. The molecule has 27 heavy (non-hydrogen) atoms. The highest BCUT2D eigenvalue weighted by Gasteiger charge is 2.23. The number of nitrogens with zero attached hydrogens (tertiary/aromatic N) is 2. The van der Waals surface area contributed by atoms with Gasteiger partial charge in [-0.1, -0.05) is 42.5 Å². The highest BCUT2D eigenvalue weighted by molar-refractivity contribution is 7.09. The fourth-order valence-electron chi connectivity index (χ4n) is 2.78. The molecule has 0 N–H and O–H groups in total. The maximum Gasteiger partial charge on any atom is 0.338 e. The van der Waals surface area contributed by atoms with Crippen LogP contribution >= 0.6 is 11.3 Å². The van der Waals surface area contributed by atoms with Gasteiger partial charge < -0.3 is 9.64 Å². The van der Waals surface area contributed by atoms with Crippen molar-refractivity contribution in [1.82, 2.24) is 9.88 Å². The summed E-state index contributed by atoms with van der Waals surface area (Å²) >= 11 is 1.50. The van der Waals surface area contributed by atoms with Gasteiger partial charge in [-0.25, -0.2) is 9.78 Å². The van der Waals surface area contributed by atoms with Gasteiger partial charge in [-0.2, -0.15) is 0 Å². The number of carbonyl (C=O) groups is 2. The summed E-state index contributed by atoms with van der Waals surface area (Å²) in [4.78, 5) is 31.3. The SMILES string of the molecule is COC(=O)c1ccccc1C(=O)N(CCc1ccccc1)Cc1nccs1. The fourth-order valence-corrected chi connectivity index (χ4v) is 3.41. The topological polar surface area (TPSA) is 59.5 Å². The molecule has 0 unspecified atom stereocenters. The van der Waals surface area contributed by atoms with E-state index >= 15 is 0 Å². The number of benzene rings is 2. The van der Waals surface area contributed by atoms with Gasteiger partial charge in [0.1, 0.15) is 5.01 Å². The van der Waals surface area contributed by atoms with E-state index in [0.29, 0.717) is 18.7 Å². The van der Waals surface area contributed by atoms with E-state index in [-0.39, 0.29) is 11.5 Å². The number of amides is 1.